The lowest BCUT2D eigenvalue weighted by Crippen LogP contribution is -2.60. The van der Waals surface area contributed by atoms with E-state index in [4.69, 9.17) is 9.47 Å². The van der Waals surface area contributed by atoms with Crippen LogP contribution >= 0.6 is 0 Å². The molecule has 6 atom stereocenters. The molecule has 2 N–H and O–H groups in total. The second-order valence-electron chi connectivity index (χ2n) is 12.5. The van der Waals surface area contributed by atoms with E-state index < -0.39 is 47.0 Å². The van der Waals surface area contributed by atoms with E-state index in [9.17, 15) is 24.4 Å². The van der Waals surface area contributed by atoms with E-state index >= 15 is 0 Å². The minimum Gasteiger partial charge on any atom is -0.472 e. The summed E-state index contributed by atoms with van der Waals surface area (Å²) in [5.74, 6) is -0.623. The van der Waals surface area contributed by atoms with Gasteiger partial charge >= 0.3 is 6.09 Å². The first-order valence-electron chi connectivity index (χ1n) is 13.1. The third-order valence-corrected chi connectivity index (χ3v) is 8.78. The Bertz CT molecular complexity index is 1280. The molecule has 4 amide bonds. The van der Waals surface area contributed by atoms with Crippen LogP contribution in [-0.2, 0) is 19.1 Å². The van der Waals surface area contributed by atoms with Gasteiger partial charge in [-0.05, 0) is 34.8 Å². The van der Waals surface area contributed by atoms with E-state index in [0.717, 1.165) is 0 Å². The fourth-order valence-electron chi connectivity index (χ4n) is 6.46. The maximum atomic E-state index is 14.3. The first-order chi connectivity index (χ1) is 18.2. The molecule has 3 aliphatic heterocycles. The van der Waals surface area contributed by atoms with Gasteiger partial charge in [0.15, 0.2) is 11.6 Å². The Balaban J connectivity index is 1.45. The van der Waals surface area contributed by atoms with E-state index in [0.29, 0.717) is 12.3 Å². The van der Waals surface area contributed by atoms with Gasteiger partial charge in [0.05, 0.1) is 19.7 Å². The summed E-state index contributed by atoms with van der Waals surface area (Å²) in [5.41, 5.74) is -2.28. The molecule has 1 saturated carbocycles. The van der Waals surface area contributed by atoms with Crippen molar-refractivity contribution in [2.45, 2.75) is 64.8 Å². The second kappa shape index (κ2) is 8.83. The number of carbonyl (C=O) groups excluding carboxylic acids is 4. The van der Waals surface area contributed by atoms with Gasteiger partial charge in [0.2, 0.25) is 17.4 Å². The van der Waals surface area contributed by atoms with Crippen LogP contribution in [0.1, 0.15) is 41.0 Å². The van der Waals surface area contributed by atoms with E-state index in [2.05, 4.69) is 35.5 Å². The highest BCUT2D eigenvalue weighted by Gasteiger charge is 2.71. The summed E-state index contributed by atoms with van der Waals surface area (Å²) in [6.07, 6.45) is 0.780. The molecule has 1 spiro atoms. The number of methoxy groups -OCH3 is 1. The summed E-state index contributed by atoms with van der Waals surface area (Å²) < 4.78 is 10.8. The van der Waals surface area contributed by atoms with Gasteiger partial charge in [-0.25, -0.2) is 9.78 Å². The van der Waals surface area contributed by atoms with Crippen LogP contribution in [0.2, 0.25) is 0 Å². The molecule has 0 radical (unpaired) electrons. The number of nitrogens with zero attached hydrogens (tertiary/aromatic N) is 4. The molecule has 6 unspecified atom stereocenters. The predicted molar refractivity (Wildman–Crippen MR) is 137 cm³/mol. The number of piperidine rings is 1. The third-order valence-electron chi connectivity index (χ3n) is 8.78. The SMILES string of the molecule is COC(=O)NC(C(=O)N1CC2C(C1C(=O)N1CC3(CC1C#N)Oc1cccnc1NC3=O)C2(C)C)C(C)(C)C. The topological polar surface area (TPSA) is 154 Å². The Kier molecular flexibility index (Phi) is 6.05. The highest BCUT2D eigenvalue weighted by Crippen LogP contribution is 2.65. The minimum absolute atomic E-state index is 0.0118. The van der Waals surface area contributed by atoms with Gasteiger partial charge in [-0.15, -0.1) is 0 Å². The molecular weight excluding hydrogens is 504 g/mol. The molecule has 208 valence electrons. The fraction of sp³-hybridized carbons (Fsp3) is 0.630. The molecule has 12 heteroatoms. The zero-order chi connectivity index (χ0) is 28.5. The molecular formula is C27H34N6O6. The number of amides is 4. The maximum absolute atomic E-state index is 14.3. The van der Waals surface area contributed by atoms with Crippen LogP contribution in [-0.4, -0.2) is 82.5 Å². The Morgan fingerprint density at radius 1 is 1.31 bits per heavy atom. The van der Waals surface area contributed by atoms with Crippen LogP contribution in [0.15, 0.2) is 18.3 Å². The molecule has 1 aliphatic carbocycles. The maximum Gasteiger partial charge on any atom is 0.407 e. The van der Waals surface area contributed by atoms with Gasteiger partial charge in [0, 0.05) is 19.2 Å². The molecule has 0 bridgehead atoms. The number of likely N-dealkylation sites (tertiary alicyclic amines) is 2. The quantitative estimate of drug-likeness (QED) is 0.587. The predicted octanol–water partition coefficient (Wildman–Crippen LogP) is 1.53. The molecule has 5 rings (SSSR count). The van der Waals surface area contributed by atoms with Crippen molar-refractivity contribution in [3.8, 4) is 11.8 Å². The molecule has 39 heavy (non-hydrogen) atoms. The van der Waals surface area contributed by atoms with Gasteiger partial charge in [-0.1, -0.05) is 34.6 Å². The number of anilines is 1. The molecule has 4 heterocycles. The molecule has 12 nitrogen and oxygen atoms in total. The van der Waals surface area contributed by atoms with Crippen molar-refractivity contribution in [2.24, 2.45) is 22.7 Å². The summed E-state index contributed by atoms with van der Waals surface area (Å²) >= 11 is 0. The van der Waals surface area contributed by atoms with Crippen molar-refractivity contribution < 1.29 is 28.7 Å². The summed E-state index contributed by atoms with van der Waals surface area (Å²) in [4.78, 5) is 60.5. The lowest BCUT2D eigenvalue weighted by atomic mass is 9.85. The number of ether oxygens (including phenoxy) is 2. The molecule has 1 aromatic rings. The van der Waals surface area contributed by atoms with Crippen LogP contribution in [0.4, 0.5) is 10.6 Å². The van der Waals surface area contributed by atoms with Crippen molar-refractivity contribution in [1.82, 2.24) is 20.1 Å². The first-order valence-corrected chi connectivity index (χ1v) is 13.1. The number of rotatable bonds is 3. The zero-order valence-corrected chi connectivity index (χ0v) is 23.0. The molecule has 3 fully saturated rings. The number of carbonyl (C=O) groups is 4. The van der Waals surface area contributed by atoms with Gasteiger partial charge in [0.25, 0.3) is 5.91 Å². The van der Waals surface area contributed by atoms with Crippen LogP contribution in [0, 0.1) is 34.0 Å². The van der Waals surface area contributed by atoms with Crippen LogP contribution in [0.3, 0.4) is 0 Å². The van der Waals surface area contributed by atoms with Gasteiger partial charge in [-0.3, -0.25) is 14.4 Å². The number of aromatic nitrogens is 1. The first kappa shape index (κ1) is 26.7. The van der Waals surface area contributed by atoms with Crippen molar-refractivity contribution in [3.05, 3.63) is 18.3 Å². The van der Waals surface area contributed by atoms with E-state index in [1.807, 2.05) is 20.8 Å². The zero-order valence-electron chi connectivity index (χ0n) is 23.0. The summed E-state index contributed by atoms with van der Waals surface area (Å²) in [5, 5.41) is 15.4. The number of hydrogen-bond donors (Lipinski definition) is 2. The number of pyridine rings is 1. The summed E-state index contributed by atoms with van der Waals surface area (Å²) in [7, 11) is 1.22. The fourth-order valence-corrected chi connectivity index (χ4v) is 6.46. The highest BCUT2D eigenvalue weighted by molar-refractivity contribution is 6.01. The summed E-state index contributed by atoms with van der Waals surface area (Å²) in [6, 6.07) is 2.81. The van der Waals surface area contributed by atoms with Crippen molar-refractivity contribution in [2.75, 3.05) is 25.5 Å². The number of fused-ring (bicyclic) bond motifs is 2. The van der Waals surface area contributed by atoms with E-state index in [-0.39, 0.29) is 41.9 Å². The van der Waals surface area contributed by atoms with Gasteiger partial charge in [0.1, 0.15) is 18.1 Å². The number of alkyl carbamates (subject to hydrolysis) is 1. The largest absolute Gasteiger partial charge is 0.472 e. The standard InChI is InChI=1S/C27H34N6O6/c1-25(2,3)19(30-24(37)38-6)22(35)32-12-15-17(26(15,4)5)18(32)21(34)33-13-27(10-14(33)11-28)23(36)31-20-16(39-27)8-7-9-29-20/h7-9,14-15,17-19H,10,12-13H2,1-6H3,(H,30,37)(H,29,31,36). The summed E-state index contributed by atoms with van der Waals surface area (Å²) in [6.45, 7) is 9.82. The van der Waals surface area contributed by atoms with Gasteiger partial charge < -0.3 is 29.9 Å². The van der Waals surface area contributed by atoms with Crippen molar-refractivity contribution in [3.63, 3.8) is 0 Å². The van der Waals surface area contributed by atoms with Crippen LogP contribution in [0.5, 0.6) is 5.75 Å². The molecule has 4 aliphatic rings. The number of nitriles is 1. The van der Waals surface area contributed by atoms with Crippen LogP contribution < -0.4 is 15.4 Å². The normalized spacial score (nSPS) is 30.8. The average Bonchev–Trinajstić information content (AvgIpc) is 3.23. The Morgan fingerprint density at radius 3 is 2.67 bits per heavy atom. The molecule has 2 saturated heterocycles. The smallest absolute Gasteiger partial charge is 0.407 e. The Hall–Kier alpha value is -3.88. The average molecular weight is 539 g/mol. The highest BCUT2D eigenvalue weighted by atomic mass is 16.5. The lowest BCUT2D eigenvalue weighted by molar-refractivity contribution is -0.149. The van der Waals surface area contributed by atoms with E-state index in [1.54, 1.807) is 12.1 Å². The van der Waals surface area contributed by atoms with Crippen molar-refractivity contribution in [1.29, 1.82) is 5.26 Å². The number of nitrogens with one attached hydrogen (secondary N) is 2. The second-order valence-corrected chi connectivity index (χ2v) is 12.5. The van der Waals surface area contributed by atoms with E-state index in [1.165, 1.54) is 23.1 Å². The van der Waals surface area contributed by atoms with Crippen molar-refractivity contribution >= 4 is 29.6 Å². The van der Waals surface area contributed by atoms with Crippen LogP contribution in [0.25, 0.3) is 0 Å². The van der Waals surface area contributed by atoms with Gasteiger partial charge in [-0.2, -0.15) is 5.26 Å². The monoisotopic (exact) mass is 538 g/mol. The third kappa shape index (κ3) is 4.15. The molecule has 0 aromatic carbocycles. The minimum atomic E-state index is -1.45. The Labute approximate surface area is 227 Å². The Morgan fingerprint density at radius 2 is 2.03 bits per heavy atom. The molecule has 1 aromatic heterocycles. The number of hydrogen-bond acceptors (Lipinski definition) is 8. The lowest BCUT2D eigenvalue weighted by Gasteiger charge is -2.39.